The first-order valence-corrected chi connectivity index (χ1v) is 8.88. The van der Waals surface area contributed by atoms with E-state index in [2.05, 4.69) is 10.6 Å². The second-order valence-electron chi connectivity index (χ2n) is 6.28. The Kier molecular flexibility index (Phi) is 5.89. The topological polar surface area (TPSA) is 105 Å². The van der Waals surface area contributed by atoms with E-state index in [1.165, 1.54) is 11.8 Å². The highest BCUT2D eigenvalue weighted by molar-refractivity contribution is 6.45. The van der Waals surface area contributed by atoms with Crippen LogP contribution in [0.15, 0.2) is 78.9 Å². The molecule has 0 radical (unpaired) electrons. The first-order chi connectivity index (χ1) is 13.9. The number of amides is 3. The highest BCUT2D eigenvalue weighted by atomic mass is 16.2. The van der Waals surface area contributed by atoms with E-state index in [-0.39, 0.29) is 5.91 Å². The average Bonchev–Trinajstić information content (AvgIpc) is 2.70. The van der Waals surface area contributed by atoms with E-state index in [1.807, 2.05) is 6.07 Å². The van der Waals surface area contributed by atoms with Gasteiger partial charge in [-0.2, -0.15) is 0 Å². The molecule has 0 heterocycles. The van der Waals surface area contributed by atoms with Crippen molar-refractivity contribution in [1.29, 1.82) is 0 Å². The third kappa shape index (κ3) is 4.98. The molecule has 0 unspecified atom stereocenters. The zero-order valence-electron chi connectivity index (χ0n) is 15.8. The number of nitrogens with one attached hydrogen (secondary N) is 2. The lowest BCUT2D eigenvalue weighted by Crippen LogP contribution is -2.36. The molecule has 3 rings (SSSR count). The van der Waals surface area contributed by atoms with Gasteiger partial charge >= 0.3 is 11.8 Å². The largest absolute Gasteiger partial charge is 0.399 e. The van der Waals surface area contributed by atoms with Gasteiger partial charge in [-0.15, -0.1) is 0 Å². The Morgan fingerprint density at radius 3 is 1.97 bits per heavy atom. The van der Waals surface area contributed by atoms with Gasteiger partial charge in [0.2, 0.25) is 5.91 Å². The van der Waals surface area contributed by atoms with E-state index in [1.54, 1.807) is 72.8 Å². The summed E-state index contributed by atoms with van der Waals surface area (Å²) in [6, 6.07) is 22.1. The van der Waals surface area contributed by atoms with Gasteiger partial charge in [-0.1, -0.05) is 24.3 Å². The standard InChI is InChI=1S/C22H20N4O3/c1-15(27)24-17-6-5-7-18(14-17)25-21(28)22(29)26(19-8-3-2-4-9-19)20-12-10-16(23)11-13-20/h2-14H,23H2,1H3,(H,24,27)(H,25,28). The molecule has 3 aromatic rings. The van der Waals surface area contributed by atoms with Gasteiger partial charge in [0.25, 0.3) is 0 Å². The summed E-state index contributed by atoms with van der Waals surface area (Å²) in [5, 5.41) is 5.21. The molecular formula is C22H20N4O3. The molecule has 0 aliphatic rings. The smallest absolute Gasteiger partial charge is 0.321 e. The zero-order chi connectivity index (χ0) is 20.8. The molecule has 3 aromatic carbocycles. The number of benzene rings is 3. The van der Waals surface area contributed by atoms with Crippen molar-refractivity contribution in [1.82, 2.24) is 0 Å². The molecule has 0 atom stereocenters. The summed E-state index contributed by atoms with van der Waals surface area (Å²) in [6.07, 6.45) is 0. The van der Waals surface area contributed by atoms with Crippen LogP contribution < -0.4 is 21.3 Å². The number of nitrogen functional groups attached to an aromatic ring is 1. The molecule has 7 nitrogen and oxygen atoms in total. The summed E-state index contributed by atoms with van der Waals surface area (Å²) in [5.41, 5.74) is 8.25. The summed E-state index contributed by atoms with van der Waals surface area (Å²) in [6.45, 7) is 1.39. The molecule has 0 aliphatic carbocycles. The number of hydrogen-bond acceptors (Lipinski definition) is 4. The van der Waals surface area contributed by atoms with Crippen LogP contribution in [0.25, 0.3) is 0 Å². The third-order valence-electron chi connectivity index (χ3n) is 4.00. The molecule has 0 spiro atoms. The third-order valence-corrected chi connectivity index (χ3v) is 4.00. The van der Waals surface area contributed by atoms with E-state index in [0.29, 0.717) is 28.4 Å². The molecule has 146 valence electrons. The predicted molar refractivity (Wildman–Crippen MR) is 114 cm³/mol. The van der Waals surface area contributed by atoms with Crippen LogP contribution in [0.3, 0.4) is 0 Å². The Morgan fingerprint density at radius 1 is 0.759 bits per heavy atom. The normalized spacial score (nSPS) is 10.1. The molecule has 0 aromatic heterocycles. The molecule has 0 bridgehead atoms. The van der Waals surface area contributed by atoms with E-state index in [9.17, 15) is 14.4 Å². The van der Waals surface area contributed by atoms with Crippen molar-refractivity contribution >= 4 is 46.2 Å². The predicted octanol–water partition coefficient (Wildman–Crippen LogP) is 3.53. The van der Waals surface area contributed by atoms with Crippen molar-refractivity contribution in [2.24, 2.45) is 0 Å². The number of hydrogen-bond donors (Lipinski definition) is 3. The molecule has 7 heteroatoms. The minimum absolute atomic E-state index is 0.233. The summed E-state index contributed by atoms with van der Waals surface area (Å²) < 4.78 is 0. The maximum atomic E-state index is 13.0. The Balaban J connectivity index is 1.87. The minimum atomic E-state index is -0.814. The van der Waals surface area contributed by atoms with Crippen molar-refractivity contribution in [2.45, 2.75) is 6.92 Å². The number of anilines is 5. The van der Waals surface area contributed by atoms with Gasteiger partial charge in [0, 0.05) is 35.4 Å². The van der Waals surface area contributed by atoms with Gasteiger partial charge in [-0.3, -0.25) is 19.3 Å². The van der Waals surface area contributed by atoms with Crippen molar-refractivity contribution < 1.29 is 14.4 Å². The van der Waals surface area contributed by atoms with E-state index in [4.69, 9.17) is 5.73 Å². The molecule has 29 heavy (non-hydrogen) atoms. The zero-order valence-corrected chi connectivity index (χ0v) is 15.8. The van der Waals surface area contributed by atoms with Gasteiger partial charge in [-0.05, 0) is 54.6 Å². The fraction of sp³-hybridized carbons (Fsp3) is 0.0455. The summed E-state index contributed by atoms with van der Waals surface area (Å²) >= 11 is 0. The van der Waals surface area contributed by atoms with Gasteiger partial charge in [0.1, 0.15) is 0 Å². The van der Waals surface area contributed by atoms with Crippen LogP contribution in [0.4, 0.5) is 28.4 Å². The lowest BCUT2D eigenvalue weighted by molar-refractivity contribution is -0.134. The number of rotatable bonds is 4. The highest BCUT2D eigenvalue weighted by Crippen LogP contribution is 2.26. The maximum absolute atomic E-state index is 13.0. The van der Waals surface area contributed by atoms with E-state index >= 15 is 0 Å². The number of carbonyl (C=O) groups excluding carboxylic acids is 3. The average molecular weight is 388 g/mol. The van der Waals surface area contributed by atoms with Gasteiger partial charge in [0.15, 0.2) is 0 Å². The number of nitrogens with two attached hydrogens (primary N) is 1. The number of para-hydroxylation sites is 1. The lowest BCUT2D eigenvalue weighted by Gasteiger charge is -2.22. The summed E-state index contributed by atoms with van der Waals surface area (Å²) in [5.74, 6) is -1.81. The fourth-order valence-corrected chi connectivity index (χ4v) is 2.75. The molecule has 4 N–H and O–H groups in total. The molecule has 0 saturated heterocycles. The monoisotopic (exact) mass is 388 g/mol. The van der Waals surface area contributed by atoms with Crippen LogP contribution in [0.1, 0.15) is 6.92 Å². The van der Waals surface area contributed by atoms with Crippen molar-refractivity contribution in [3.05, 3.63) is 78.9 Å². The molecule has 0 aliphatic heterocycles. The highest BCUT2D eigenvalue weighted by Gasteiger charge is 2.25. The van der Waals surface area contributed by atoms with Crippen LogP contribution in [-0.2, 0) is 14.4 Å². The molecular weight excluding hydrogens is 368 g/mol. The second-order valence-corrected chi connectivity index (χ2v) is 6.28. The lowest BCUT2D eigenvalue weighted by atomic mass is 10.2. The van der Waals surface area contributed by atoms with Gasteiger partial charge < -0.3 is 16.4 Å². The Bertz CT molecular complexity index is 1030. The van der Waals surface area contributed by atoms with Crippen LogP contribution in [0.5, 0.6) is 0 Å². The first kappa shape index (κ1) is 19.6. The summed E-state index contributed by atoms with van der Waals surface area (Å²) in [7, 11) is 0. The first-order valence-electron chi connectivity index (χ1n) is 8.88. The Labute approximate surface area is 168 Å². The maximum Gasteiger partial charge on any atom is 0.321 e. The van der Waals surface area contributed by atoms with Gasteiger partial charge in [0.05, 0.1) is 0 Å². The van der Waals surface area contributed by atoms with Gasteiger partial charge in [-0.25, -0.2) is 0 Å². The second kappa shape index (κ2) is 8.71. The molecule has 0 saturated carbocycles. The number of carbonyl (C=O) groups is 3. The van der Waals surface area contributed by atoms with Crippen LogP contribution >= 0.6 is 0 Å². The van der Waals surface area contributed by atoms with Crippen molar-refractivity contribution in [3.8, 4) is 0 Å². The Hall–Kier alpha value is -4.13. The fourth-order valence-electron chi connectivity index (χ4n) is 2.75. The van der Waals surface area contributed by atoms with Crippen LogP contribution in [0.2, 0.25) is 0 Å². The quantitative estimate of drug-likeness (QED) is 0.470. The molecule has 0 fully saturated rings. The van der Waals surface area contributed by atoms with Crippen molar-refractivity contribution in [3.63, 3.8) is 0 Å². The van der Waals surface area contributed by atoms with Crippen LogP contribution in [0, 0.1) is 0 Å². The Morgan fingerprint density at radius 2 is 1.34 bits per heavy atom. The summed E-state index contributed by atoms with van der Waals surface area (Å²) in [4.78, 5) is 38.2. The van der Waals surface area contributed by atoms with Crippen molar-refractivity contribution in [2.75, 3.05) is 21.3 Å². The van der Waals surface area contributed by atoms with E-state index < -0.39 is 11.8 Å². The number of nitrogens with zero attached hydrogens (tertiary/aromatic N) is 1. The van der Waals surface area contributed by atoms with Crippen LogP contribution in [-0.4, -0.2) is 17.7 Å². The molecule has 3 amide bonds. The minimum Gasteiger partial charge on any atom is -0.399 e. The SMILES string of the molecule is CC(=O)Nc1cccc(NC(=O)C(=O)N(c2ccccc2)c2ccc(N)cc2)c1. The van der Waals surface area contributed by atoms with E-state index in [0.717, 1.165) is 0 Å².